The molecule has 1 radical (unpaired) electrons. The van der Waals surface area contributed by atoms with Gasteiger partial charge in [0.05, 0.1) is 10.4 Å². The lowest BCUT2D eigenvalue weighted by Gasteiger charge is -1.89. The Kier molecular flexibility index (Phi) is 5.33. The van der Waals surface area contributed by atoms with Crippen molar-refractivity contribution in [3.05, 3.63) is 0 Å². The van der Waals surface area contributed by atoms with Crippen molar-refractivity contribution >= 4 is 10.4 Å². The summed E-state index contributed by atoms with van der Waals surface area (Å²) in [5.74, 6) is 0. The lowest BCUT2D eigenvalue weighted by atomic mass is 10.3. The molecule has 0 aromatic heterocycles. The molecule has 0 aromatic rings. The second-order valence-corrected chi connectivity index (χ2v) is 1.85. The van der Waals surface area contributed by atoms with E-state index in [4.69, 9.17) is 0 Å². The molecule has 0 heterocycles. The van der Waals surface area contributed by atoms with Gasteiger partial charge in [-0.3, -0.25) is 0 Å². The Morgan fingerprint density at radius 2 is 2.33 bits per heavy atom. The summed E-state index contributed by atoms with van der Waals surface area (Å²) >= 11 is 0. The van der Waals surface area contributed by atoms with Gasteiger partial charge in [-0.2, -0.15) is 0 Å². The molecule has 0 aromatic carbocycles. The molecule has 0 fully saturated rings. The first kappa shape index (κ1) is 6.18. The molecule has 0 aliphatic heterocycles. The van der Waals surface area contributed by atoms with Crippen LogP contribution >= 0.6 is 0 Å². The van der Waals surface area contributed by atoms with Gasteiger partial charge in [0.15, 0.2) is 0 Å². The molecule has 0 aliphatic rings. The summed E-state index contributed by atoms with van der Waals surface area (Å²) in [4.78, 5) is 3.10. The van der Waals surface area contributed by atoms with Crippen LogP contribution in [0.4, 0.5) is 0 Å². The molecular weight excluding hydrogens is 90.1 g/mol. The van der Waals surface area contributed by atoms with E-state index in [0.717, 1.165) is 0 Å². The molecule has 6 heavy (non-hydrogen) atoms. The highest BCUT2D eigenvalue weighted by atomic mass is 28.2. The van der Waals surface area contributed by atoms with E-state index in [1.54, 1.807) is 0 Å². The van der Waals surface area contributed by atoms with Gasteiger partial charge in [-0.25, -0.2) is 0 Å². The molecule has 0 atom stereocenters. The molecule has 0 amide bonds. The normalized spacial score (nSPS) is 9.00. The first-order valence-corrected chi connectivity index (χ1v) is 3.12. The largest absolute Gasteiger partial charge is 0.343 e. The van der Waals surface area contributed by atoms with E-state index >= 15 is 0 Å². The molecule has 0 saturated heterocycles. The van der Waals surface area contributed by atoms with Crippen molar-refractivity contribution in [1.29, 1.82) is 0 Å². The minimum absolute atomic E-state index is 1.18. The number of unbranched alkanes of at least 4 members (excludes halogenated alkanes) is 1. The second-order valence-electron chi connectivity index (χ2n) is 1.35. The molecule has 0 rings (SSSR count). The van der Waals surface area contributed by atoms with Gasteiger partial charge in [-0.1, -0.05) is 13.3 Å². The second kappa shape index (κ2) is 5.18. The van der Waals surface area contributed by atoms with Crippen molar-refractivity contribution in [3.63, 3.8) is 0 Å². The van der Waals surface area contributed by atoms with Gasteiger partial charge in [-0.05, 0) is 13.0 Å². The van der Waals surface area contributed by atoms with E-state index in [2.05, 4.69) is 11.9 Å². The fourth-order valence-electron chi connectivity index (χ4n) is 0.302. The predicted molar refractivity (Wildman–Crippen MR) is 31.5 cm³/mol. The Labute approximate surface area is 42.6 Å². The van der Waals surface area contributed by atoms with Crippen LogP contribution in [0.1, 0.15) is 19.8 Å². The topological polar surface area (TPSA) is 12.0 Å². The molecule has 37 valence electrons. The quantitative estimate of drug-likeness (QED) is 0.388. The maximum Gasteiger partial charge on any atom is 0.0932 e. The first-order valence-electron chi connectivity index (χ1n) is 2.41. The zero-order valence-corrected chi connectivity index (χ0v) is 5.74. The fourth-order valence-corrected chi connectivity index (χ4v) is 0.552. The Morgan fingerprint density at radius 3 is 2.50 bits per heavy atom. The minimum atomic E-state index is 1.18. The predicted octanol–water partition coefficient (Wildman–Crippen LogP) is -0.0758. The molecule has 0 saturated carbocycles. The van der Waals surface area contributed by atoms with E-state index in [9.17, 15) is 0 Å². The van der Waals surface area contributed by atoms with Crippen LogP contribution in [0.15, 0.2) is 0 Å². The summed E-state index contributed by atoms with van der Waals surface area (Å²) in [6.07, 6.45) is 2.61. The van der Waals surface area contributed by atoms with Gasteiger partial charge in [0.2, 0.25) is 0 Å². The highest BCUT2D eigenvalue weighted by molar-refractivity contribution is 6.04. The van der Waals surface area contributed by atoms with Crippen molar-refractivity contribution in [2.24, 2.45) is 0 Å². The first-order chi connectivity index (χ1) is 2.91. The van der Waals surface area contributed by atoms with E-state index in [0.29, 0.717) is 0 Å². The van der Waals surface area contributed by atoms with Crippen LogP contribution in [0, 0.1) is 0 Å². The maximum atomic E-state index is 3.10. The zero-order chi connectivity index (χ0) is 4.83. The van der Waals surface area contributed by atoms with Crippen LogP contribution in [-0.4, -0.2) is 16.9 Å². The highest BCUT2D eigenvalue weighted by Gasteiger charge is 1.73. The van der Waals surface area contributed by atoms with Crippen molar-refractivity contribution in [2.45, 2.75) is 19.8 Å². The average molecular weight is 102 g/mol. The fraction of sp³-hybridized carbons (Fsp3) is 1.00. The molecule has 0 bridgehead atoms. The Bertz CT molecular complexity index is 19.5. The highest BCUT2D eigenvalue weighted by Crippen LogP contribution is 1.79. The van der Waals surface area contributed by atoms with E-state index in [-0.39, 0.29) is 0 Å². The average Bonchev–Trinajstić information content (AvgIpc) is 1.61. The number of nitrogens with one attached hydrogen (secondary N) is 1. The van der Waals surface area contributed by atoms with Gasteiger partial charge >= 0.3 is 0 Å². The van der Waals surface area contributed by atoms with Gasteiger partial charge in [0.1, 0.15) is 0 Å². The summed E-state index contributed by atoms with van der Waals surface area (Å²) < 4.78 is 0. The lowest BCUT2D eigenvalue weighted by molar-refractivity contribution is 0.771. The molecule has 1 nitrogen and oxygen atoms in total. The summed E-state index contributed by atoms with van der Waals surface area (Å²) in [6, 6.07) is 0. The number of rotatable bonds is 3. The van der Waals surface area contributed by atoms with Crippen LogP contribution < -0.4 is 4.98 Å². The number of hydrogen-bond acceptors (Lipinski definition) is 1. The Morgan fingerprint density at radius 1 is 1.67 bits per heavy atom. The van der Waals surface area contributed by atoms with E-state index < -0.39 is 0 Å². The van der Waals surface area contributed by atoms with Crippen LogP contribution in [0.3, 0.4) is 0 Å². The van der Waals surface area contributed by atoms with E-state index in [1.807, 2.05) is 10.4 Å². The molecule has 2 heteroatoms. The summed E-state index contributed by atoms with van der Waals surface area (Å²) in [5, 5.41) is 0. The van der Waals surface area contributed by atoms with Gasteiger partial charge in [-0.15, -0.1) is 0 Å². The molecular formula is C4H12NSi. The third-order valence-electron chi connectivity index (χ3n) is 0.707. The van der Waals surface area contributed by atoms with Crippen molar-refractivity contribution in [3.8, 4) is 0 Å². The van der Waals surface area contributed by atoms with Crippen molar-refractivity contribution in [2.75, 3.05) is 6.54 Å². The number of hydrogen-bond donors (Lipinski definition) is 1. The van der Waals surface area contributed by atoms with Crippen LogP contribution in [0.5, 0.6) is 0 Å². The van der Waals surface area contributed by atoms with Gasteiger partial charge < -0.3 is 4.98 Å². The van der Waals surface area contributed by atoms with Crippen molar-refractivity contribution < 1.29 is 0 Å². The third kappa shape index (κ3) is 4.18. The summed E-state index contributed by atoms with van der Waals surface area (Å²) in [5.41, 5.74) is 0. The molecule has 1 N–H and O–H groups in total. The summed E-state index contributed by atoms with van der Waals surface area (Å²) in [7, 11) is 1.82. The third-order valence-corrected chi connectivity index (χ3v) is 1.06. The van der Waals surface area contributed by atoms with Gasteiger partial charge in [0.25, 0.3) is 0 Å². The van der Waals surface area contributed by atoms with Gasteiger partial charge in [0, 0.05) is 0 Å². The Balaban J connectivity index is 2.34. The standard InChI is InChI=1S/C4H12NSi/c1-2-3-4-5-6/h5H,2-4,6H2,1H3. The molecule has 0 unspecified atom stereocenters. The van der Waals surface area contributed by atoms with E-state index in [1.165, 1.54) is 19.4 Å². The SMILES string of the molecule is CCCCN[SiH2]. The van der Waals surface area contributed by atoms with Crippen LogP contribution in [0.25, 0.3) is 0 Å². The monoisotopic (exact) mass is 102 g/mol. The van der Waals surface area contributed by atoms with Crippen LogP contribution in [0.2, 0.25) is 0 Å². The van der Waals surface area contributed by atoms with Crippen molar-refractivity contribution in [1.82, 2.24) is 4.98 Å². The molecule has 0 spiro atoms. The maximum absolute atomic E-state index is 3.10. The molecule has 0 aliphatic carbocycles. The lowest BCUT2D eigenvalue weighted by Crippen LogP contribution is -2.08. The zero-order valence-electron chi connectivity index (χ0n) is 4.33. The van der Waals surface area contributed by atoms with Crippen LogP contribution in [-0.2, 0) is 0 Å². The smallest absolute Gasteiger partial charge is 0.0932 e. The summed E-state index contributed by atoms with van der Waals surface area (Å²) in [6.45, 7) is 3.37. The minimum Gasteiger partial charge on any atom is -0.343 e. The Hall–Kier alpha value is 0.177.